The van der Waals surface area contributed by atoms with E-state index in [0.717, 1.165) is 12.3 Å². The molecule has 0 radical (unpaired) electrons. The van der Waals surface area contributed by atoms with Crippen LogP contribution in [-0.4, -0.2) is 47.3 Å². The van der Waals surface area contributed by atoms with E-state index in [1.54, 1.807) is 30.6 Å². The predicted octanol–water partition coefficient (Wildman–Crippen LogP) is 4.20. The Hall–Kier alpha value is -1.70. The molecule has 1 atom stereocenters. The van der Waals surface area contributed by atoms with Crippen LogP contribution in [0.4, 0.5) is 23.8 Å². The molecule has 1 aromatic heterocycles. The molecule has 1 saturated heterocycles. The largest absolute Gasteiger partial charge is 0.444 e. The second-order valence-electron chi connectivity index (χ2n) is 7.00. The molecular formula is C16H21ClF3N3O2. The van der Waals surface area contributed by atoms with E-state index in [1.165, 1.54) is 0 Å². The lowest BCUT2D eigenvalue weighted by molar-refractivity contribution is -0.137. The van der Waals surface area contributed by atoms with Crippen molar-refractivity contribution in [3.05, 3.63) is 22.8 Å². The van der Waals surface area contributed by atoms with Gasteiger partial charge in [-0.1, -0.05) is 11.6 Å². The molecule has 1 aliphatic rings. The molecule has 2 rings (SSSR count). The number of alkyl halides is 3. The van der Waals surface area contributed by atoms with Gasteiger partial charge in [0.05, 0.1) is 10.6 Å². The van der Waals surface area contributed by atoms with Crippen molar-refractivity contribution in [3.8, 4) is 0 Å². The summed E-state index contributed by atoms with van der Waals surface area (Å²) in [5.41, 5.74) is -1.48. The first kappa shape index (κ1) is 19.6. The van der Waals surface area contributed by atoms with Crippen LogP contribution in [0.3, 0.4) is 0 Å². The Labute approximate surface area is 149 Å². The Morgan fingerprint density at radius 3 is 2.44 bits per heavy atom. The molecule has 1 aromatic rings. The third-order valence-corrected chi connectivity index (χ3v) is 3.98. The highest BCUT2D eigenvalue weighted by atomic mass is 35.5. The molecule has 140 valence electrons. The van der Waals surface area contributed by atoms with Gasteiger partial charge in [-0.25, -0.2) is 9.78 Å². The molecule has 9 heteroatoms. The van der Waals surface area contributed by atoms with Crippen LogP contribution >= 0.6 is 11.6 Å². The van der Waals surface area contributed by atoms with Crippen LogP contribution in [0.5, 0.6) is 0 Å². The van der Waals surface area contributed by atoms with Gasteiger partial charge < -0.3 is 14.5 Å². The fourth-order valence-electron chi connectivity index (χ4n) is 2.56. The van der Waals surface area contributed by atoms with Crippen LogP contribution in [0.2, 0.25) is 5.02 Å². The molecule has 0 aromatic carbocycles. The molecule has 2 heterocycles. The van der Waals surface area contributed by atoms with Gasteiger partial charge in [-0.05, 0) is 33.8 Å². The van der Waals surface area contributed by atoms with Gasteiger partial charge in [0.15, 0.2) is 0 Å². The summed E-state index contributed by atoms with van der Waals surface area (Å²) in [5.74, 6) is 0.283. The number of hydrogen-bond acceptors (Lipinski definition) is 4. The summed E-state index contributed by atoms with van der Waals surface area (Å²) in [5, 5.41) is -0.0626. The fraction of sp³-hybridized carbons (Fsp3) is 0.625. The lowest BCUT2D eigenvalue weighted by Crippen LogP contribution is -2.54. The van der Waals surface area contributed by atoms with Crippen molar-refractivity contribution < 1.29 is 22.7 Å². The SMILES string of the molecule is CC1CN(C(=O)OC(C)(C)C)CCN1c1ncc(C(F)(F)F)cc1Cl. The number of nitrogens with zero attached hydrogens (tertiary/aromatic N) is 3. The molecule has 1 amide bonds. The van der Waals surface area contributed by atoms with Gasteiger partial charge in [-0.2, -0.15) is 13.2 Å². The third-order valence-electron chi connectivity index (χ3n) is 3.70. The minimum Gasteiger partial charge on any atom is -0.444 e. The Balaban J connectivity index is 2.10. The monoisotopic (exact) mass is 379 g/mol. The number of carbonyl (C=O) groups excluding carboxylic acids is 1. The van der Waals surface area contributed by atoms with Crippen molar-refractivity contribution in [2.24, 2.45) is 0 Å². The minimum atomic E-state index is -4.49. The highest BCUT2D eigenvalue weighted by Crippen LogP contribution is 2.34. The molecule has 1 unspecified atom stereocenters. The Morgan fingerprint density at radius 1 is 1.32 bits per heavy atom. The summed E-state index contributed by atoms with van der Waals surface area (Å²) in [4.78, 5) is 19.4. The molecule has 1 fully saturated rings. The number of rotatable bonds is 1. The van der Waals surface area contributed by atoms with E-state index < -0.39 is 23.4 Å². The minimum absolute atomic E-state index is 0.0626. The maximum Gasteiger partial charge on any atom is 0.417 e. The van der Waals surface area contributed by atoms with E-state index in [2.05, 4.69) is 4.98 Å². The summed E-state index contributed by atoms with van der Waals surface area (Å²) in [6.07, 6.45) is -4.13. The zero-order valence-electron chi connectivity index (χ0n) is 14.5. The van der Waals surface area contributed by atoms with Crippen molar-refractivity contribution >= 4 is 23.5 Å². The number of hydrogen-bond donors (Lipinski definition) is 0. The van der Waals surface area contributed by atoms with E-state index in [0.29, 0.717) is 19.6 Å². The van der Waals surface area contributed by atoms with Crippen molar-refractivity contribution in [3.63, 3.8) is 0 Å². The van der Waals surface area contributed by atoms with Crippen LogP contribution < -0.4 is 4.90 Å². The van der Waals surface area contributed by atoms with Crippen LogP contribution in [0.1, 0.15) is 33.3 Å². The topological polar surface area (TPSA) is 45.7 Å². The van der Waals surface area contributed by atoms with Gasteiger partial charge in [-0.3, -0.25) is 0 Å². The molecular weight excluding hydrogens is 359 g/mol. The number of anilines is 1. The maximum absolute atomic E-state index is 12.7. The number of halogens is 4. The van der Waals surface area contributed by atoms with Crippen molar-refractivity contribution in [2.45, 2.75) is 45.5 Å². The number of aromatic nitrogens is 1. The number of carbonyl (C=O) groups is 1. The molecule has 0 N–H and O–H groups in total. The fourth-order valence-corrected chi connectivity index (χ4v) is 2.84. The van der Waals surface area contributed by atoms with Gasteiger partial charge in [0.25, 0.3) is 0 Å². The molecule has 0 saturated carbocycles. The Bertz CT molecular complexity index is 646. The van der Waals surface area contributed by atoms with Crippen LogP contribution in [0.25, 0.3) is 0 Å². The first-order valence-electron chi connectivity index (χ1n) is 7.86. The standard InChI is InChI=1S/C16H21ClF3N3O2/c1-10-9-22(14(24)25-15(2,3)4)5-6-23(10)13-12(17)7-11(8-21-13)16(18,19)20/h7-8,10H,5-6,9H2,1-4H3. The van der Waals surface area contributed by atoms with E-state index in [4.69, 9.17) is 16.3 Å². The summed E-state index contributed by atoms with van der Waals surface area (Å²) < 4.78 is 43.5. The van der Waals surface area contributed by atoms with Gasteiger partial charge in [0, 0.05) is 31.9 Å². The van der Waals surface area contributed by atoms with Gasteiger partial charge in [0.1, 0.15) is 11.4 Å². The Morgan fingerprint density at radius 2 is 1.96 bits per heavy atom. The van der Waals surface area contributed by atoms with E-state index in [1.807, 2.05) is 6.92 Å². The Kier molecular flexibility index (Phi) is 5.41. The quantitative estimate of drug-likeness (QED) is 0.733. The first-order chi connectivity index (χ1) is 11.4. The average Bonchev–Trinajstić information content (AvgIpc) is 2.44. The van der Waals surface area contributed by atoms with E-state index >= 15 is 0 Å². The normalized spacial score (nSPS) is 19.1. The third kappa shape index (κ3) is 4.90. The number of pyridine rings is 1. The summed E-state index contributed by atoms with van der Waals surface area (Å²) >= 11 is 6.01. The second kappa shape index (κ2) is 6.90. The summed E-state index contributed by atoms with van der Waals surface area (Å²) in [6, 6.07) is 0.708. The molecule has 5 nitrogen and oxygen atoms in total. The molecule has 0 bridgehead atoms. The number of ether oxygens (including phenoxy) is 1. The number of piperazine rings is 1. The molecule has 25 heavy (non-hydrogen) atoms. The number of amides is 1. The lowest BCUT2D eigenvalue weighted by Gasteiger charge is -2.41. The molecule has 0 aliphatic carbocycles. The van der Waals surface area contributed by atoms with Gasteiger partial charge >= 0.3 is 12.3 Å². The van der Waals surface area contributed by atoms with Crippen molar-refractivity contribution in [1.82, 2.24) is 9.88 Å². The zero-order chi connectivity index (χ0) is 19.0. The summed E-state index contributed by atoms with van der Waals surface area (Å²) in [6.45, 7) is 8.36. The second-order valence-corrected chi connectivity index (χ2v) is 7.40. The average molecular weight is 380 g/mol. The lowest BCUT2D eigenvalue weighted by atomic mass is 10.1. The van der Waals surface area contributed by atoms with Crippen molar-refractivity contribution in [2.75, 3.05) is 24.5 Å². The van der Waals surface area contributed by atoms with Gasteiger partial charge in [-0.15, -0.1) is 0 Å². The van der Waals surface area contributed by atoms with Crippen LogP contribution in [0.15, 0.2) is 12.3 Å². The smallest absolute Gasteiger partial charge is 0.417 e. The van der Waals surface area contributed by atoms with E-state index in [-0.39, 0.29) is 16.9 Å². The van der Waals surface area contributed by atoms with Crippen LogP contribution in [-0.2, 0) is 10.9 Å². The molecule has 0 spiro atoms. The van der Waals surface area contributed by atoms with Crippen LogP contribution in [0, 0.1) is 0 Å². The zero-order valence-corrected chi connectivity index (χ0v) is 15.3. The highest BCUT2D eigenvalue weighted by Gasteiger charge is 2.34. The molecule has 1 aliphatic heterocycles. The van der Waals surface area contributed by atoms with Gasteiger partial charge in [0.2, 0.25) is 0 Å². The van der Waals surface area contributed by atoms with Crippen molar-refractivity contribution in [1.29, 1.82) is 0 Å². The predicted molar refractivity (Wildman–Crippen MR) is 88.9 cm³/mol. The van der Waals surface area contributed by atoms with E-state index in [9.17, 15) is 18.0 Å². The summed E-state index contributed by atoms with van der Waals surface area (Å²) in [7, 11) is 0. The highest BCUT2D eigenvalue weighted by molar-refractivity contribution is 6.33. The maximum atomic E-state index is 12.7. The first-order valence-corrected chi connectivity index (χ1v) is 8.23.